The number of benzene rings is 1. The molecule has 0 aliphatic heterocycles. The van der Waals surface area contributed by atoms with Gasteiger partial charge in [-0.15, -0.1) is 0 Å². The minimum atomic E-state index is 0.254. The van der Waals surface area contributed by atoms with Crippen LogP contribution in [0.25, 0.3) is 0 Å². The van der Waals surface area contributed by atoms with Gasteiger partial charge in [0.25, 0.3) is 0 Å². The fourth-order valence-electron chi connectivity index (χ4n) is 2.38. The van der Waals surface area contributed by atoms with Crippen LogP contribution in [0.1, 0.15) is 35.4 Å². The van der Waals surface area contributed by atoms with E-state index in [0.29, 0.717) is 0 Å². The number of likely N-dealkylation sites (N-methyl/N-ethyl adjacent to an activating group) is 1. The normalized spacial score (nSPS) is 12.6. The summed E-state index contributed by atoms with van der Waals surface area (Å²) in [5, 5.41) is 3.49. The van der Waals surface area contributed by atoms with Gasteiger partial charge >= 0.3 is 0 Å². The van der Waals surface area contributed by atoms with Gasteiger partial charge in [0.1, 0.15) is 5.76 Å². The van der Waals surface area contributed by atoms with Gasteiger partial charge in [0.05, 0.1) is 12.3 Å². The Hall–Kier alpha value is -1.54. The summed E-state index contributed by atoms with van der Waals surface area (Å²) >= 11 is 0. The van der Waals surface area contributed by atoms with Crippen LogP contribution in [0.5, 0.6) is 0 Å². The van der Waals surface area contributed by atoms with E-state index in [1.807, 2.05) is 12.1 Å². The Morgan fingerprint density at radius 3 is 2.39 bits per heavy atom. The Morgan fingerprint density at radius 1 is 1.11 bits per heavy atom. The Balaban J connectivity index is 2.24. The smallest absolute Gasteiger partial charge is 0.121 e. The van der Waals surface area contributed by atoms with E-state index < -0.39 is 0 Å². The molecule has 0 bridgehead atoms. The minimum absolute atomic E-state index is 0.254. The molecule has 0 aliphatic rings. The number of hydrogen-bond donors (Lipinski definition) is 1. The monoisotopic (exact) mass is 243 g/mol. The third kappa shape index (κ3) is 2.82. The maximum Gasteiger partial charge on any atom is 0.121 e. The predicted octanol–water partition coefficient (Wildman–Crippen LogP) is 3.79. The summed E-state index contributed by atoms with van der Waals surface area (Å²) in [5.74, 6) is 1.01. The number of aryl methyl sites for hydroxylation is 2. The molecular formula is C16H21NO. The average molecular weight is 243 g/mol. The van der Waals surface area contributed by atoms with Crippen LogP contribution in [-0.2, 0) is 6.42 Å². The van der Waals surface area contributed by atoms with E-state index in [9.17, 15) is 0 Å². The van der Waals surface area contributed by atoms with Crippen molar-refractivity contribution in [2.24, 2.45) is 0 Å². The molecule has 1 N–H and O–H groups in total. The summed E-state index contributed by atoms with van der Waals surface area (Å²) < 4.78 is 5.54. The van der Waals surface area contributed by atoms with E-state index in [-0.39, 0.29) is 6.04 Å². The first kappa shape index (κ1) is 12.9. The van der Waals surface area contributed by atoms with Crippen molar-refractivity contribution in [3.63, 3.8) is 0 Å². The van der Waals surface area contributed by atoms with Crippen LogP contribution in [0.15, 0.2) is 41.0 Å². The Labute approximate surface area is 109 Å². The van der Waals surface area contributed by atoms with Gasteiger partial charge in [0, 0.05) is 0 Å². The fourth-order valence-corrected chi connectivity index (χ4v) is 2.38. The highest BCUT2D eigenvalue weighted by molar-refractivity contribution is 5.34. The van der Waals surface area contributed by atoms with E-state index >= 15 is 0 Å². The van der Waals surface area contributed by atoms with E-state index in [1.54, 1.807) is 6.26 Å². The standard InChI is InChI=1S/C16H21NO/c1-4-17-15(16-9-6-10-18-16)11-14-12(2)7-5-8-13(14)3/h5-10,15,17H,4,11H2,1-3H3. The maximum absolute atomic E-state index is 5.54. The third-order valence-electron chi connectivity index (χ3n) is 3.39. The lowest BCUT2D eigenvalue weighted by molar-refractivity contribution is 0.415. The van der Waals surface area contributed by atoms with Crippen molar-refractivity contribution >= 4 is 0 Å². The summed E-state index contributed by atoms with van der Waals surface area (Å²) in [6.45, 7) is 7.41. The van der Waals surface area contributed by atoms with Crippen molar-refractivity contribution in [3.8, 4) is 0 Å². The van der Waals surface area contributed by atoms with Crippen LogP contribution in [0.4, 0.5) is 0 Å². The van der Waals surface area contributed by atoms with Crippen molar-refractivity contribution in [2.45, 2.75) is 33.2 Å². The van der Waals surface area contributed by atoms with Crippen LogP contribution < -0.4 is 5.32 Å². The van der Waals surface area contributed by atoms with Gasteiger partial charge in [-0.2, -0.15) is 0 Å². The second kappa shape index (κ2) is 5.87. The van der Waals surface area contributed by atoms with Gasteiger partial charge < -0.3 is 9.73 Å². The van der Waals surface area contributed by atoms with E-state index in [4.69, 9.17) is 4.42 Å². The van der Waals surface area contributed by atoms with Gasteiger partial charge in [-0.25, -0.2) is 0 Å². The highest BCUT2D eigenvalue weighted by Crippen LogP contribution is 2.23. The van der Waals surface area contributed by atoms with Gasteiger partial charge in [0.15, 0.2) is 0 Å². The molecular weight excluding hydrogens is 222 g/mol. The SMILES string of the molecule is CCNC(Cc1c(C)cccc1C)c1ccco1. The number of furan rings is 1. The van der Waals surface area contributed by atoms with Gasteiger partial charge in [-0.1, -0.05) is 25.1 Å². The summed E-state index contributed by atoms with van der Waals surface area (Å²) in [6.07, 6.45) is 2.71. The van der Waals surface area contributed by atoms with Gasteiger partial charge in [-0.3, -0.25) is 0 Å². The largest absolute Gasteiger partial charge is 0.468 e. The molecule has 2 heteroatoms. The molecule has 0 amide bonds. The Morgan fingerprint density at radius 2 is 1.83 bits per heavy atom. The first-order valence-corrected chi connectivity index (χ1v) is 6.54. The highest BCUT2D eigenvalue weighted by atomic mass is 16.3. The molecule has 18 heavy (non-hydrogen) atoms. The molecule has 0 aliphatic carbocycles. The van der Waals surface area contributed by atoms with Crippen LogP contribution in [-0.4, -0.2) is 6.54 Å². The molecule has 2 aromatic rings. The zero-order valence-corrected chi connectivity index (χ0v) is 11.4. The second-order valence-electron chi connectivity index (χ2n) is 4.70. The van der Waals surface area contributed by atoms with Crippen LogP contribution in [0.3, 0.4) is 0 Å². The molecule has 0 radical (unpaired) electrons. The molecule has 96 valence electrons. The minimum Gasteiger partial charge on any atom is -0.468 e. The number of rotatable bonds is 5. The molecule has 1 heterocycles. The van der Waals surface area contributed by atoms with E-state index in [0.717, 1.165) is 18.7 Å². The summed E-state index contributed by atoms with van der Waals surface area (Å²) in [5.41, 5.74) is 4.12. The predicted molar refractivity (Wildman–Crippen MR) is 74.7 cm³/mol. The molecule has 1 atom stereocenters. The first-order valence-electron chi connectivity index (χ1n) is 6.54. The molecule has 0 saturated carbocycles. The van der Waals surface area contributed by atoms with Crippen molar-refractivity contribution in [3.05, 3.63) is 59.0 Å². The zero-order chi connectivity index (χ0) is 13.0. The molecule has 1 aromatic heterocycles. The lowest BCUT2D eigenvalue weighted by atomic mass is 9.95. The summed E-state index contributed by atoms with van der Waals surface area (Å²) in [6, 6.07) is 10.7. The molecule has 0 spiro atoms. The Bertz CT molecular complexity index is 468. The molecule has 1 aromatic carbocycles. The Kier molecular flexibility index (Phi) is 4.21. The molecule has 0 fully saturated rings. The van der Waals surface area contributed by atoms with Crippen molar-refractivity contribution in [1.82, 2.24) is 5.32 Å². The average Bonchev–Trinajstić information content (AvgIpc) is 2.86. The van der Waals surface area contributed by atoms with Crippen molar-refractivity contribution < 1.29 is 4.42 Å². The third-order valence-corrected chi connectivity index (χ3v) is 3.39. The topological polar surface area (TPSA) is 25.2 Å². The zero-order valence-electron chi connectivity index (χ0n) is 11.4. The fraction of sp³-hybridized carbons (Fsp3) is 0.375. The summed E-state index contributed by atoms with van der Waals surface area (Å²) in [7, 11) is 0. The van der Waals surface area contributed by atoms with Gasteiger partial charge in [-0.05, 0) is 55.6 Å². The maximum atomic E-state index is 5.54. The quantitative estimate of drug-likeness (QED) is 0.864. The van der Waals surface area contributed by atoms with Crippen molar-refractivity contribution in [2.75, 3.05) is 6.54 Å². The lowest BCUT2D eigenvalue weighted by Gasteiger charge is -2.18. The lowest BCUT2D eigenvalue weighted by Crippen LogP contribution is -2.23. The molecule has 1 unspecified atom stereocenters. The van der Waals surface area contributed by atoms with E-state index in [2.05, 4.69) is 44.3 Å². The van der Waals surface area contributed by atoms with E-state index in [1.165, 1.54) is 16.7 Å². The molecule has 2 rings (SSSR count). The van der Waals surface area contributed by atoms with Crippen LogP contribution in [0.2, 0.25) is 0 Å². The molecule has 0 saturated heterocycles. The molecule has 2 nitrogen and oxygen atoms in total. The summed E-state index contributed by atoms with van der Waals surface area (Å²) in [4.78, 5) is 0. The second-order valence-corrected chi connectivity index (χ2v) is 4.70. The van der Waals surface area contributed by atoms with Crippen LogP contribution in [0, 0.1) is 13.8 Å². The first-order chi connectivity index (χ1) is 8.72. The number of nitrogens with one attached hydrogen (secondary N) is 1. The highest BCUT2D eigenvalue weighted by Gasteiger charge is 2.15. The number of hydrogen-bond acceptors (Lipinski definition) is 2. The van der Waals surface area contributed by atoms with Crippen molar-refractivity contribution in [1.29, 1.82) is 0 Å². The van der Waals surface area contributed by atoms with Gasteiger partial charge in [0.2, 0.25) is 0 Å². The van der Waals surface area contributed by atoms with Crippen LogP contribution >= 0.6 is 0 Å².